The van der Waals surface area contributed by atoms with Crippen LogP contribution in [-0.2, 0) is 23.7 Å². The molecule has 12 unspecified atom stereocenters. The topological polar surface area (TPSA) is 228 Å². The summed E-state index contributed by atoms with van der Waals surface area (Å²) < 4.78 is 22.6. The second-order valence-electron chi connectivity index (χ2n) is 19.0. The molecule has 408 valence electrons. The summed E-state index contributed by atoms with van der Waals surface area (Å²) in [5.74, 6) is -0.379. The van der Waals surface area contributed by atoms with E-state index in [0.29, 0.717) is 12.8 Å². The van der Waals surface area contributed by atoms with Crippen LogP contribution in [0.1, 0.15) is 174 Å². The summed E-state index contributed by atoms with van der Waals surface area (Å²) in [5, 5.41) is 86.7. The van der Waals surface area contributed by atoms with Gasteiger partial charge in [0.05, 0.1) is 32.0 Å². The summed E-state index contributed by atoms with van der Waals surface area (Å²) in [7, 11) is 0. The number of rotatable bonds is 41. The lowest BCUT2D eigenvalue weighted by Crippen LogP contribution is -2.65. The molecular weight excluding hydrogens is 907 g/mol. The first kappa shape index (κ1) is 64.3. The predicted octanol–water partition coefficient (Wildman–Crippen LogP) is 8.16. The Morgan fingerprint density at radius 1 is 0.521 bits per heavy atom. The highest BCUT2D eigenvalue weighted by Gasteiger charge is 2.51. The van der Waals surface area contributed by atoms with Gasteiger partial charge in [0.25, 0.3) is 0 Å². The van der Waals surface area contributed by atoms with Crippen molar-refractivity contribution in [3.05, 3.63) is 85.1 Å². The average molecular weight is 1000 g/mol. The number of unbranched alkanes of at least 4 members (excludes halogenated alkanes) is 17. The molecule has 0 bridgehead atoms. The summed E-state index contributed by atoms with van der Waals surface area (Å²) >= 11 is 0. The van der Waals surface area contributed by atoms with Gasteiger partial charge in [0.1, 0.15) is 48.8 Å². The number of ether oxygens (including phenoxy) is 4. The van der Waals surface area contributed by atoms with Gasteiger partial charge in [-0.15, -0.1) is 0 Å². The first-order chi connectivity index (χ1) is 34.6. The average Bonchev–Trinajstić information content (AvgIpc) is 3.37. The van der Waals surface area contributed by atoms with Crippen molar-refractivity contribution in [1.82, 2.24) is 5.32 Å². The van der Waals surface area contributed by atoms with Crippen molar-refractivity contribution in [2.75, 3.05) is 19.8 Å². The summed E-state index contributed by atoms with van der Waals surface area (Å²) in [5.41, 5.74) is 0. The minimum atomic E-state index is -1.80. The van der Waals surface area contributed by atoms with Gasteiger partial charge in [0.2, 0.25) is 5.91 Å². The van der Waals surface area contributed by atoms with E-state index in [9.17, 15) is 45.6 Å². The molecule has 0 spiro atoms. The van der Waals surface area contributed by atoms with Crippen molar-refractivity contribution in [3.63, 3.8) is 0 Å². The quantitative estimate of drug-likeness (QED) is 0.0208. The molecule has 1 amide bonds. The third-order valence-electron chi connectivity index (χ3n) is 12.8. The summed E-state index contributed by atoms with van der Waals surface area (Å²) in [4.78, 5) is 13.1. The van der Waals surface area contributed by atoms with Crippen LogP contribution in [0.25, 0.3) is 0 Å². The molecule has 2 fully saturated rings. The van der Waals surface area contributed by atoms with E-state index in [4.69, 9.17) is 18.9 Å². The molecule has 2 rings (SSSR count). The van der Waals surface area contributed by atoms with Crippen LogP contribution in [0.4, 0.5) is 0 Å². The van der Waals surface area contributed by atoms with Crippen LogP contribution in [0, 0.1) is 0 Å². The van der Waals surface area contributed by atoms with Crippen LogP contribution in [-0.4, -0.2) is 140 Å². The minimum Gasteiger partial charge on any atom is -0.394 e. The maximum Gasteiger partial charge on any atom is 0.224 e. The SMILES string of the molecule is CC/C=C\C/C=C\C/C=C\C/C=C\C/C=C\CC(=O)NC(COC1OC(CO)C(OC2OC(CO)C(O)C(O)C2O)C(O)C1O)C(O)/C=C/CC/C=C/CCCCCCCCCCCCCCCCCC. The number of hydrogen-bond acceptors (Lipinski definition) is 13. The largest absolute Gasteiger partial charge is 0.394 e. The molecular formula is C57H97NO13. The summed E-state index contributed by atoms with van der Waals surface area (Å²) in [6, 6.07) is -0.990. The molecule has 14 heteroatoms. The number of hydrogen-bond donors (Lipinski definition) is 9. The van der Waals surface area contributed by atoms with E-state index >= 15 is 0 Å². The van der Waals surface area contributed by atoms with Crippen LogP contribution < -0.4 is 5.32 Å². The Kier molecular flexibility index (Phi) is 38.5. The molecule has 14 nitrogen and oxygen atoms in total. The lowest BCUT2D eigenvalue weighted by Gasteiger charge is -2.46. The van der Waals surface area contributed by atoms with E-state index in [2.05, 4.69) is 73.8 Å². The van der Waals surface area contributed by atoms with E-state index < -0.39 is 86.8 Å². The molecule has 12 atom stereocenters. The first-order valence-corrected chi connectivity index (χ1v) is 27.3. The molecule has 2 heterocycles. The van der Waals surface area contributed by atoms with Crippen molar-refractivity contribution in [2.24, 2.45) is 0 Å². The Balaban J connectivity index is 1.86. The number of aliphatic hydroxyl groups is 8. The molecule has 0 saturated carbocycles. The second-order valence-corrected chi connectivity index (χ2v) is 19.0. The van der Waals surface area contributed by atoms with Crippen LogP contribution in [0.15, 0.2) is 85.1 Å². The molecule has 0 aromatic heterocycles. The zero-order valence-electron chi connectivity index (χ0n) is 43.4. The van der Waals surface area contributed by atoms with Crippen molar-refractivity contribution >= 4 is 5.91 Å². The van der Waals surface area contributed by atoms with Gasteiger partial charge in [-0.25, -0.2) is 0 Å². The fourth-order valence-corrected chi connectivity index (χ4v) is 8.43. The van der Waals surface area contributed by atoms with Crippen LogP contribution >= 0.6 is 0 Å². The normalized spacial score (nSPS) is 26.5. The van der Waals surface area contributed by atoms with Gasteiger partial charge in [0.15, 0.2) is 12.6 Å². The minimum absolute atomic E-state index is 0.0372. The third kappa shape index (κ3) is 29.0. The molecule has 71 heavy (non-hydrogen) atoms. The van der Waals surface area contributed by atoms with Gasteiger partial charge in [0, 0.05) is 6.42 Å². The number of carbonyl (C=O) groups is 1. The van der Waals surface area contributed by atoms with Gasteiger partial charge in [-0.2, -0.15) is 0 Å². The Morgan fingerprint density at radius 3 is 1.52 bits per heavy atom. The first-order valence-electron chi connectivity index (χ1n) is 27.3. The van der Waals surface area contributed by atoms with Gasteiger partial charge >= 0.3 is 0 Å². The summed E-state index contributed by atoms with van der Waals surface area (Å²) in [6.07, 6.45) is 39.4. The van der Waals surface area contributed by atoms with E-state index in [0.717, 1.165) is 38.5 Å². The number of nitrogens with one attached hydrogen (secondary N) is 1. The lowest BCUT2D eigenvalue weighted by atomic mass is 9.97. The molecule has 0 aromatic carbocycles. The number of amides is 1. The van der Waals surface area contributed by atoms with E-state index in [-0.39, 0.29) is 18.9 Å². The van der Waals surface area contributed by atoms with Crippen molar-refractivity contribution < 1.29 is 64.6 Å². The highest BCUT2D eigenvalue weighted by atomic mass is 16.7. The van der Waals surface area contributed by atoms with Crippen molar-refractivity contribution in [2.45, 2.75) is 248 Å². The highest BCUT2D eigenvalue weighted by Crippen LogP contribution is 2.30. The van der Waals surface area contributed by atoms with Crippen LogP contribution in [0.2, 0.25) is 0 Å². The van der Waals surface area contributed by atoms with Gasteiger partial charge in [-0.05, 0) is 57.8 Å². The van der Waals surface area contributed by atoms with Gasteiger partial charge in [-0.3, -0.25) is 4.79 Å². The van der Waals surface area contributed by atoms with Gasteiger partial charge < -0.3 is 65.1 Å². The number of allylic oxidation sites excluding steroid dienone is 12. The summed E-state index contributed by atoms with van der Waals surface area (Å²) in [6.45, 7) is 2.58. The Hall–Kier alpha value is -2.83. The fraction of sp³-hybridized carbons (Fsp3) is 0.737. The number of aliphatic hydroxyl groups excluding tert-OH is 8. The third-order valence-corrected chi connectivity index (χ3v) is 12.8. The van der Waals surface area contributed by atoms with Crippen LogP contribution in [0.3, 0.4) is 0 Å². The zero-order valence-corrected chi connectivity index (χ0v) is 43.4. The lowest BCUT2D eigenvalue weighted by molar-refractivity contribution is -0.359. The molecule has 0 radical (unpaired) electrons. The van der Waals surface area contributed by atoms with E-state index in [1.165, 1.54) is 103 Å². The maximum absolute atomic E-state index is 13.1. The molecule has 2 aliphatic heterocycles. The van der Waals surface area contributed by atoms with Crippen LogP contribution in [0.5, 0.6) is 0 Å². The van der Waals surface area contributed by atoms with E-state index in [1.807, 2.05) is 18.2 Å². The smallest absolute Gasteiger partial charge is 0.224 e. The molecule has 0 aromatic rings. The fourth-order valence-electron chi connectivity index (χ4n) is 8.43. The van der Waals surface area contributed by atoms with Gasteiger partial charge in [-0.1, -0.05) is 195 Å². The molecule has 0 aliphatic carbocycles. The standard InChI is InChI=1S/C57H97NO13/c1-3-5-7-9-11-13-15-17-19-20-21-22-23-24-25-27-28-30-32-34-36-38-40-46(61)45(58-49(62)41-39-37-35-33-31-29-26-18-16-14-12-10-8-6-4-2)44-68-56-54(67)52(65)55(48(43-60)70-56)71-57-53(66)51(64)50(63)47(42-59)69-57/h6,8,12,14,18,26,30-33,37-40,45-48,50-57,59-61,63-67H,3-5,7,9-11,13,15-17,19-25,27-29,34-36,41-44H2,1-2H3,(H,58,62)/b8-6-,14-12-,26-18-,32-30+,33-31-,39-37-,40-38+. The van der Waals surface area contributed by atoms with E-state index in [1.54, 1.807) is 12.2 Å². The Morgan fingerprint density at radius 2 is 0.986 bits per heavy atom. The number of carbonyl (C=O) groups excluding carboxylic acids is 1. The van der Waals surface area contributed by atoms with Crippen molar-refractivity contribution in [1.29, 1.82) is 0 Å². The molecule has 2 aliphatic rings. The van der Waals surface area contributed by atoms with Crippen molar-refractivity contribution in [3.8, 4) is 0 Å². The maximum atomic E-state index is 13.1. The molecule has 2 saturated heterocycles. The predicted molar refractivity (Wildman–Crippen MR) is 281 cm³/mol. The molecule has 9 N–H and O–H groups in total. The highest BCUT2D eigenvalue weighted by molar-refractivity contribution is 5.77. The Bertz CT molecular complexity index is 1510. The second kappa shape index (κ2) is 42.5. The zero-order chi connectivity index (χ0) is 51.7. The Labute approximate surface area is 427 Å². The monoisotopic (exact) mass is 1000 g/mol.